The molecule has 7 heteroatoms. The zero-order valence-corrected chi connectivity index (χ0v) is 20.0. The van der Waals surface area contributed by atoms with Gasteiger partial charge < -0.3 is 9.64 Å². The number of piperidine rings is 1. The van der Waals surface area contributed by atoms with Crippen LogP contribution >= 0.6 is 0 Å². The Bertz CT molecular complexity index is 1340. The van der Waals surface area contributed by atoms with Crippen molar-refractivity contribution in [3.63, 3.8) is 0 Å². The predicted octanol–water partition coefficient (Wildman–Crippen LogP) is 4.27. The van der Waals surface area contributed by atoms with E-state index in [2.05, 4.69) is 28.4 Å². The molecular formula is C29H27N3O4. The second kappa shape index (κ2) is 8.52. The summed E-state index contributed by atoms with van der Waals surface area (Å²) in [5.41, 5.74) is 2.20. The van der Waals surface area contributed by atoms with E-state index in [-0.39, 0.29) is 18.4 Å². The van der Waals surface area contributed by atoms with Crippen molar-refractivity contribution in [2.24, 2.45) is 5.41 Å². The highest BCUT2D eigenvalue weighted by molar-refractivity contribution is 6.30. The second-order valence-electron chi connectivity index (χ2n) is 9.72. The number of nitrogens with zero attached hydrogens (tertiary/aromatic N) is 2. The molecule has 0 aliphatic carbocycles. The summed E-state index contributed by atoms with van der Waals surface area (Å²) in [5, 5.41) is 2.54. The highest BCUT2D eigenvalue weighted by atomic mass is 16.5. The van der Waals surface area contributed by atoms with Crippen LogP contribution in [-0.2, 0) is 16.0 Å². The van der Waals surface area contributed by atoms with Gasteiger partial charge in [0, 0.05) is 12.2 Å². The number of hydrogen-bond donors (Lipinski definition) is 1. The van der Waals surface area contributed by atoms with Gasteiger partial charge in [0.05, 0.1) is 18.8 Å². The standard InChI is InChI=1S/C29H27N3O4/c1-36-23-13-11-22(12-14-23)32-27(34)29(26(33)30-28(32)35)18-21-9-5-6-10-24(21)31-16-15-20(17-25(29)31)19-7-3-2-4-8-19/h2-14,20,25H,15-18H2,1H3,(H,30,33,35)/t20-,25-,29+/m1/s1. The van der Waals surface area contributed by atoms with Crippen molar-refractivity contribution >= 4 is 29.2 Å². The molecule has 3 aromatic rings. The topological polar surface area (TPSA) is 79.0 Å². The van der Waals surface area contributed by atoms with Crippen LogP contribution in [0.25, 0.3) is 0 Å². The number of amides is 4. The Morgan fingerprint density at radius 2 is 1.64 bits per heavy atom. The number of hydrogen-bond acceptors (Lipinski definition) is 5. The van der Waals surface area contributed by atoms with Crippen LogP contribution in [0.3, 0.4) is 0 Å². The first-order chi connectivity index (χ1) is 17.5. The highest BCUT2D eigenvalue weighted by Gasteiger charge is 2.63. The Hall–Kier alpha value is -4.13. The molecule has 2 fully saturated rings. The van der Waals surface area contributed by atoms with Crippen molar-refractivity contribution in [2.75, 3.05) is 23.5 Å². The van der Waals surface area contributed by atoms with E-state index in [1.54, 1.807) is 31.4 Å². The zero-order chi connectivity index (χ0) is 24.9. The van der Waals surface area contributed by atoms with E-state index >= 15 is 0 Å². The molecule has 3 atom stereocenters. The number of imide groups is 2. The Labute approximate surface area is 209 Å². The maximum atomic E-state index is 14.4. The van der Waals surface area contributed by atoms with Gasteiger partial charge in [0.15, 0.2) is 5.41 Å². The Balaban J connectivity index is 1.47. The van der Waals surface area contributed by atoms with Crippen LogP contribution in [0, 0.1) is 5.41 Å². The third-order valence-electron chi connectivity index (χ3n) is 7.96. The van der Waals surface area contributed by atoms with Gasteiger partial charge in [-0.25, -0.2) is 9.69 Å². The highest BCUT2D eigenvalue weighted by Crippen LogP contribution is 2.50. The van der Waals surface area contributed by atoms with Crippen molar-refractivity contribution in [1.29, 1.82) is 0 Å². The normalized spacial score (nSPS) is 25.3. The van der Waals surface area contributed by atoms with Crippen LogP contribution in [-0.4, -0.2) is 37.5 Å². The molecule has 36 heavy (non-hydrogen) atoms. The van der Waals surface area contributed by atoms with Crippen LogP contribution < -0.4 is 19.9 Å². The number of nitrogens with one attached hydrogen (secondary N) is 1. The maximum absolute atomic E-state index is 14.4. The summed E-state index contributed by atoms with van der Waals surface area (Å²) < 4.78 is 5.24. The van der Waals surface area contributed by atoms with Crippen molar-refractivity contribution in [2.45, 2.75) is 31.2 Å². The minimum atomic E-state index is -1.42. The van der Waals surface area contributed by atoms with E-state index in [1.807, 2.05) is 36.4 Å². The van der Waals surface area contributed by atoms with Crippen LogP contribution in [0.4, 0.5) is 16.2 Å². The molecule has 2 saturated heterocycles. The molecule has 6 rings (SSSR count). The van der Waals surface area contributed by atoms with Crippen LogP contribution in [0.5, 0.6) is 5.75 Å². The molecule has 1 spiro atoms. The van der Waals surface area contributed by atoms with E-state index < -0.39 is 23.3 Å². The largest absolute Gasteiger partial charge is 0.497 e. The minimum Gasteiger partial charge on any atom is -0.497 e. The maximum Gasteiger partial charge on any atom is 0.335 e. The van der Waals surface area contributed by atoms with E-state index in [1.165, 1.54) is 5.56 Å². The summed E-state index contributed by atoms with van der Waals surface area (Å²) >= 11 is 0. The average molecular weight is 482 g/mol. The first kappa shape index (κ1) is 22.3. The number of anilines is 2. The van der Waals surface area contributed by atoms with Crippen LogP contribution in [0.2, 0.25) is 0 Å². The lowest BCUT2D eigenvalue weighted by Gasteiger charge is -2.55. The van der Waals surface area contributed by atoms with E-state index in [9.17, 15) is 14.4 Å². The Morgan fingerprint density at radius 3 is 2.39 bits per heavy atom. The lowest BCUT2D eigenvalue weighted by atomic mass is 9.64. The SMILES string of the molecule is COc1ccc(N2C(=O)NC(=O)[C@@]3(Cc4ccccc4N4CC[C@@H](c5ccccc5)C[C@@H]43)C2=O)cc1. The molecule has 0 radical (unpaired) electrons. The van der Waals surface area contributed by atoms with E-state index in [4.69, 9.17) is 4.74 Å². The van der Waals surface area contributed by atoms with Gasteiger partial charge in [0.1, 0.15) is 5.75 Å². The van der Waals surface area contributed by atoms with Gasteiger partial charge >= 0.3 is 6.03 Å². The number of ether oxygens (including phenoxy) is 1. The third kappa shape index (κ3) is 3.30. The molecular weight excluding hydrogens is 454 g/mol. The summed E-state index contributed by atoms with van der Waals surface area (Å²) in [4.78, 5) is 44.5. The van der Waals surface area contributed by atoms with E-state index in [0.717, 1.165) is 29.1 Å². The smallest absolute Gasteiger partial charge is 0.335 e. The van der Waals surface area contributed by atoms with Gasteiger partial charge in [-0.05, 0) is 66.6 Å². The number of urea groups is 1. The molecule has 0 aromatic heterocycles. The summed E-state index contributed by atoms with van der Waals surface area (Å²) in [6.07, 6.45) is 1.81. The molecule has 0 saturated carbocycles. The fourth-order valence-corrected chi connectivity index (χ4v) is 6.18. The molecule has 3 aromatic carbocycles. The first-order valence-electron chi connectivity index (χ1n) is 12.3. The summed E-state index contributed by atoms with van der Waals surface area (Å²) in [6, 6.07) is 23.9. The van der Waals surface area contributed by atoms with Crippen molar-refractivity contribution in [3.05, 3.63) is 90.0 Å². The summed E-state index contributed by atoms with van der Waals surface area (Å²) in [6.45, 7) is 0.722. The van der Waals surface area contributed by atoms with Crippen molar-refractivity contribution in [3.8, 4) is 5.75 Å². The average Bonchev–Trinajstić information content (AvgIpc) is 2.92. The molecule has 4 amide bonds. The monoisotopic (exact) mass is 481 g/mol. The van der Waals surface area contributed by atoms with Gasteiger partial charge in [-0.1, -0.05) is 48.5 Å². The number of para-hydroxylation sites is 1. The summed E-state index contributed by atoms with van der Waals surface area (Å²) in [7, 11) is 1.56. The van der Waals surface area contributed by atoms with Crippen molar-refractivity contribution in [1.82, 2.24) is 5.32 Å². The molecule has 182 valence electrons. The summed E-state index contributed by atoms with van der Waals surface area (Å²) in [5.74, 6) is -0.160. The number of barbiturate groups is 1. The fourth-order valence-electron chi connectivity index (χ4n) is 6.18. The molecule has 1 N–H and O–H groups in total. The second-order valence-corrected chi connectivity index (χ2v) is 9.72. The van der Waals surface area contributed by atoms with Crippen LogP contribution in [0.1, 0.15) is 29.9 Å². The van der Waals surface area contributed by atoms with Gasteiger partial charge in [-0.15, -0.1) is 0 Å². The lowest BCUT2D eigenvalue weighted by Crippen LogP contribution is -2.73. The number of carbonyl (C=O) groups is 3. The predicted molar refractivity (Wildman–Crippen MR) is 136 cm³/mol. The number of fused-ring (bicyclic) bond motifs is 4. The molecule has 3 heterocycles. The molecule has 7 nitrogen and oxygen atoms in total. The number of methoxy groups -OCH3 is 1. The minimum absolute atomic E-state index is 0.210. The molecule has 0 unspecified atom stereocenters. The van der Waals surface area contributed by atoms with Gasteiger partial charge in [-0.3, -0.25) is 14.9 Å². The van der Waals surface area contributed by atoms with Gasteiger partial charge in [0.2, 0.25) is 5.91 Å². The van der Waals surface area contributed by atoms with Gasteiger partial charge in [-0.2, -0.15) is 0 Å². The zero-order valence-electron chi connectivity index (χ0n) is 20.0. The molecule has 3 aliphatic rings. The fraction of sp³-hybridized carbons (Fsp3) is 0.276. The van der Waals surface area contributed by atoms with E-state index in [0.29, 0.717) is 17.9 Å². The van der Waals surface area contributed by atoms with Gasteiger partial charge in [0.25, 0.3) is 5.91 Å². The Kier molecular flexibility index (Phi) is 5.29. The number of rotatable bonds is 3. The number of benzene rings is 3. The van der Waals surface area contributed by atoms with Crippen LogP contribution in [0.15, 0.2) is 78.9 Å². The molecule has 3 aliphatic heterocycles. The van der Waals surface area contributed by atoms with Crippen molar-refractivity contribution < 1.29 is 19.1 Å². The Morgan fingerprint density at radius 1 is 0.917 bits per heavy atom. The first-order valence-corrected chi connectivity index (χ1v) is 12.3. The lowest BCUT2D eigenvalue weighted by molar-refractivity contribution is -0.145. The number of carbonyl (C=O) groups excluding carboxylic acids is 3. The third-order valence-corrected chi connectivity index (χ3v) is 7.96. The molecule has 0 bridgehead atoms. The quantitative estimate of drug-likeness (QED) is 0.565.